The zero-order chi connectivity index (χ0) is 22.9. The topological polar surface area (TPSA) is 69.7 Å². The van der Waals surface area contributed by atoms with Gasteiger partial charge in [0.1, 0.15) is 0 Å². The normalized spacial score (nSPS) is 16.8. The first-order chi connectivity index (χ1) is 14.5. The van der Waals surface area contributed by atoms with Gasteiger partial charge in [-0.15, -0.1) is 0 Å². The van der Waals surface area contributed by atoms with E-state index in [4.69, 9.17) is 11.6 Å². The van der Waals surface area contributed by atoms with Crippen LogP contribution >= 0.6 is 11.6 Å². The summed E-state index contributed by atoms with van der Waals surface area (Å²) in [5, 5.41) is 3.19. The molecule has 1 aliphatic heterocycles. The highest BCUT2D eigenvalue weighted by molar-refractivity contribution is 7.89. The van der Waals surface area contributed by atoms with Crippen LogP contribution in [0, 0.1) is 20.8 Å². The molecule has 3 rings (SSSR count). The Balaban J connectivity index is 1.84. The second-order valence-electron chi connectivity index (χ2n) is 8.34. The maximum Gasteiger partial charge on any atom is 0.253 e. The van der Waals surface area contributed by atoms with E-state index in [1.54, 1.807) is 0 Å². The van der Waals surface area contributed by atoms with Crippen molar-refractivity contribution in [1.82, 2.24) is 14.5 Å². The second kappa shape index (κ2) is 9.28. The highest BCUT2D eigenvalue weighted by Crippen LogP contribution is 2.26. The van der Waals surface area contributed by atoms with E-state index >= 15 is 0 Å². The summed E-state index contributed by atoms with van der Waals surface area (Å²) in [6.45, 7) is 10.2. The lowest BCUT2D eigenvalue weighted by atomic mass is 9.96. The third-order valence-electron chi connectivity index (χ3n) is 5.98. The lowest BCUT2D eigenvalue weighted by Crippen LogP contribution is -2.47. The Kier molecular flexibility index (Phi) is 7.11. The predicted molar refractivity (Wildman–Crippen MR) is 124 cm³/mol. The lowest BCUT2D eigenvalue weighted by molar-refractivity contribution is 0.0939. The Morgan fingerprint density at radius 1 is 1.00 bits per heavy atom. The molecule has 0 aliphatic carbocycles. The maximum atomic E-state index is 13.1. The molecule has 1 aliphatic rings. The van der Waals surface area contributed by atoms with Gasteiger partial charge in [-0.2, -0.15) is 4.31 Å². The average Bonchev–Trinajstić information content (AvgIpc) is 2.71. The van der Waals surface area contributed by atoms with Crippen molar-refractivity contribution in [2.45, 2.75) is 38.6 Å². The summed E-state index contributed by atoms with van der Waals surface area (Å²) in [4.78, 5) is 15.2. The van der Waals surface area contributed by atoms with Gasteiger partial charge in [0, 0.05) is 26.2 Å². The van der Waals surface area contributed by atoms with Gasteiger partial charge in [-0.25, -0.2) is 8.42 Å². The summed E-state index contributed by atoms with van der Waals surface area (Å²) in [7, 11) is -1.72. The Hall–Kier alpha value is -1.93. The molecule has 8 heteroatoms. The van der Waals surface area contributed by atoms with Crippen molar-refractivity contribution >= 4 is 27.5 Å². The Morgan fingerprint density at radius 2 is 1.61 bits per heavy atom. The van der Waals surface area contributed by atoms with Gasteiger partial charge in [-0.1, -0.05) is 23.7 Å². The number of halogens is 1. The minimum absolute atomic E-state index is 0.0848. The van der Waals surface area contributed by atoms with Gasteiger partial charge in [0.15, 0.2) is 0 Å². The van der Waals surface area contributed by atoms with Gasteiger partial charge in [-0.3, -0.25) is 4.79 Å². The molecule has 1 heterocycles. The van der Waals surface area contributed by atoms with E-state index in [0.29, 0.717) is 26.2 Å². The summed E-state index contributed by atoms with van der Waals surface area (Å²) in [5.41, 5.74) is 4.62. The quantitative estimate of drug-likeness (QED) is 0.734. The Labute approximate surface area is 190 Å². The average molecular weight is 464 g/mol. The van der Waals surface area contributed by atoms with Crippen molar-refractivity contribution < 1.29 is 13.2 Å². The lowest BCUT2D eigenvalue weighted by Gasteiger charge is -2.31. The number of carbonyl (C=O) groups is 1. The number of sulfonamides is 1. The molecule has 0 saturated carbocycles. The van der Waals surface area contributed by atoms with E-state index in [1.807, 2.05) is 27.8 Å². The van der Waals surface area contributed by atoms with E-state index in [2.05, 4.69) is 29.3 Å². The molecule has 0 spiro atoms. The van der Waals surface area contributed by atoms with Crippen LogP contribution in [0.25, 0.3) is 0 Å². The van der Waals surface area contributed by atoms with Crippen LogP contribution in [0.4, 0.5) is 0 Å². The first-order valence-electron chi connectivity index (χ1n) is 10.4. The monoisotopic (exact) mass is 463 g/mol. The molecule has 6 nitrogen and oxygen atoms in total. The number of benzene rings is 2. The summed E-state index contributed by atoms with van der Waals surface area (Å²) >= 11 is 6.28. The van der Waals surface area contributed by atoms with Crippen LogP contribution in [0.3, 0.4) is 0 Å². The zero-order valence-corrected chi connectivity index (χ0v) is 20.3. The van der Waals surface area contributed by atoms with Crippen LogP contribution in [0.5, 0.6) is 0 Å². The number of likely N-dealkylation sites (N-methyl/N-ethyl adjacent to an activating group) is 1. The van der Waals surface area contributed by atoms with Crippen molar-refractivity contribution in [2.24, 2.45) is 0 Å². The molecule has 31 heavy (non-hydrogen) atoms. The fraction of sp³-hybridized carbons (Fsp3) is 0.435. The van der Waals surface area contributed by atoms with Gasteiger partial charge in [0.2, 0.25) is 10.0 Å². The zero-order valence-electron chi connectivity index (χ0n) is 18.7. The van der Waals surface area contributed by atoms with E-state index in [1.165, 1.54) is 28.1 Å². The summed E-state index contributed by atoms with van der Waals surface area (Å²) < 4.78 is 27.6. The van der Waals surface area contributed by atoms with Gasteiger partial charge < -0.3 is 10.2 Å². The van der Waals surface area contributed by atoms with Crippen molar-refractivity contribution in [2.75, 3.05) is 33.2 Å². The molecule has 1 atom stereocenters. The van der Waals surface area contributed by atoms with Gasteiger partial charge in [0.05, 0.1) is 21.5 Å². The highest BCUT2D eigenvalue weighted by Gasteiger charge is 2.29. The summed E-state index contributed by atoms with van der Waals surface area (Å²) in [6.07, 6.45) is 0. The molecule has 1 amide bonds. The molecule has 1 N–H and O–H groups in total. The van der Waals surface area contributed by atoms with Crippen LogP contribution in [0.2, 0.25) is 5.02 Å². The third kappa shape index (κ3) is 5.12. The van der Waals surface area contributed by atoms with Crippen molar-refractivity contribution in [1.29, 1.82) is 0 Å². The first kappa shape index (κ1) is 23.7. The Bertz CT molecular complexity index is 1090. The van der Waals surface area contributed by atoms with Crippen LogP contribution in [-0.4, -0.2) is 56.8 Å². The molecule has 0 aromatic heterocycles. The second-order valence-corrected chi connectivity index (χ2v) is 10.7. The van der Waals surface area contributed by atoms with E-state index < -0.39 is 15.9 Å². The molecular weight excluding hydrogens is 434 g/mol. The molecular formula is C23H30ClN3O3S. The first-order valence-corrected chi connectivity index (χ1v) is 12.2. The molecule has 1 saturated heterocycles. The fourth-order valence-electron chi connectivity index (χ4n) is 3.82. The molecule has 1 fully saturated rings. The van der Waals surface area contributed by atoms with Crippen LogP contribution < -0.4 is 5.32 Å². The van der Waals surface area contributed by atoms with Crippen LogP contribution in [0.15, 0.2) is 35.2 Å². The van der Waals surface area contributed by atoms with Gasteiger partial charge >= 0.3 is 0 Å². The summed E-state index contributed by atoms with van der Waals surface area (Å²) in [5.74, 6) is -0.398. The van der Waals surface area contributed by atoms with E-state index in [-0.39, 0.29) is 21.5 Å². The molecule has 2 aromatic rings. The van der Waals surface area contributed by atoms with Crippen molar-refractivity contribution in [3.05, 3.63) is 63.2 Å². The number of rotatable bonds is 5. The van der Waals surface area contributed by atoms with Crippen LogP contribution in [0.1, 0.15) is 45.6 Å². The minimum Gasteiger partial charge on any atom is -0.345 e. The number of nitrogens with zero attached hydrogens (tertiary/aromatic N) is 2. The summed E-state index contributed by atoms with van der Waals surface area (Å²) in [6, 6.07) is 8.25. The molecule has 2 aromatic carbocycles. The number of piperazine rings is 1. The molecule has 1 unspecified atom stereocenters. The minimum atomic E-state index is -3.69. The smallest absolute Gasteiger partial charge is 0.253 e. The number of nitrogens with one attached hydrogen (secondary N) is 1. The molecule has 0 bridgehead atoms. The number of carbonyl (C=O) groups excluding carboxylic acids is 1. The van der Waals surface area contributed by atoms with Crippen molar-refractivity contribution in [3.63, 3.8) is 0 Å². The van der Waals surface area contributed by atoms with Crippen molar-refractivity contribution in [3.8, 4) is 0 Å². The maximum absolute atomic E-state index is 13.1. The van der Waals surface area contributed by atoms with Gasteiger partial charge in [0.25, 0.3) is 5.91 Å². The third-order valence-corrected chi connectivity index (χ3v) is 8.20. The molecule has 168 valence electrons. The van der Waals surface area contributed by atoms with Crippen LogP contribution in [-0.2, 0) is 10.0 Å². The highest BCUT2D eigenvalue weighted by atomic mass is 35.5. The fourth-order valence-corrected chi connectivity index (χ4v) is 5.47. The number of hydrogen-bond donors (Lipinski definition) is 1. The number of hydrogen-bond acceptors (Lipinski definition) is 4. The largest absolute Gasteiger partial charge is 0.345 e. The molecule has 0 radical (unpaired) electrons. The predicted octanol–water partition coefficient (Wildman–Crippen LogP) is 3.69. The standard InChI is InChI=1S/C23H30ClN3O3S/c1-15-12-17(3)20(13-16(15)2)18(4)25-23(28)21-14-19(6-7-22(21)24)31(29,30)27-10-8-26(5)9-11-27/h6-7,12-14,18H,8-11H2,1-5H3,(H,25,28). The number of amides is 1. The number of aryl methyl sites for hydroxylation is 3. The van der Waals surface area contributed by atoms with E-state index in [0.717, 1.165) is 16.7 Å². The van der Waals surface area contributed by atoms with E-state index in [9.17, 15) is 13.2 Å². The van der Waals surface area contributed by atoms with Gasteiger partial charge in [-0.05, 0) is 75.2 Å². The Morgan fingerprint density at radius 3 is 2.26 bits per heavy atom. The SMILES string of the molecule is Cc1cc(C)c(C(C)NC(=O)c2cc(S(=O)(=O)N3CCN(C)CC3)ccc2Cl)cc1C.